The summed E-state index contributed by atoms with van der Waals surface area (Å²) in [5.74, 6) is -27.4. The summed E-state index contributed by atoms with van der Waals surface area (Å²) >= 11 is 0. The predicted octanol–water partition coefficient (Wildman–Crippen LogP) is 9.14. The Kier molecular flexibility index (Phi) is 10.7. The first-order valence-corrected chi connectivity index (χ1v) is 12.4. The summed E-state index contributed by atoms with van der Waals surface area (Å²) < 4.78 is 161. The van der Waals surface area contributed by atoms with Crippen molar-refractivity contribution in [3.8, 4) is 5.75 Å². The van der Waals surface area contributed by atoms with Gasteiger partial charge in [0.15, 0.2) is 0 Å². The van der Waals surface area contributed by atoms with E-state index in [2.05, 4.69) is 15.4 Å². The molecule has 46 heavy (non-hydrogen) atoms. The third kappa shape index (κ3) is 8.36. The maximum atomic E-state index is 14.3. The standard InChI is InChI=1S/C28H19F11N2O5/c29-21(25(31,32)26(33,34)27(35,36)28(37,38)39)22(30)46-20-12-18(40-23(42)44-14-16-7-3-1-4-8-16)11-19(13-20)41-24(43)45-15-17-9-5-2-6-10-17/h1-13H,14-15H2,(H,40,42)(H,41,43). The van der Waals surface area contributed by atoms with Gasteiger partial charge in [-0.2, -0.15) is 48.3 Å². The van der Waals surface area contributed by atoms with Gasteiger partial charge in [-0.1, -0.05) is 60.7 Å². The van der Waals surface area contributed by atoms with Gasteiger partial charge in [-0.25, -0.2) is 9.59 Å². The average Bonchev–Trinajstić information content (AvgIpc) is 2.98. The lowest BCUT2D eigenvalue weighted by molar-refractivity contribution is -0.392. The molecule has 3 rings (SSSR count). The zero-order valence-electron chi connectivity index (χ0n) is 22.6. The second-order valence-corrected chi connectivity index (χ2v) is 9.03. The van der Waals surface area contributed by atoms with Crippen LogP contribution in [0.5, 0.6) is 5.75 Å². The summed E-state index contributed by atoms with van der Waals surface area (Å²) in [6.07, 6.45) is -9.70. The quantitative estimate of drug-likeness (QED) is 0.157. The van der Waals surface area contributed by atoms with E-state index in [1.165, 1.54) is 0 Å². The van der Waals surface area contributed by atoms with Crippen LogP contribution in [-0.2, 0) is 22.7 Å². The summed E-state index contributed by atoms with van der Waals surface area (Å²) in [7, 11) is 0. The molecule has 0 spiro atoms. The van der Waals surface area contributed by atoms with Gasteiger partial charge in [-0.15, -0.1) is 0 Å². The van der Waals surface area contributed by atoms with Crippen molar-refractivity contribution in [2.45, 2.75) is 37.2 Å². The van der Waals surface area contributed by atoms with Crippen molar-refractivity contribution in [3.05, 3.63) is 102 Å². The van der Waals surface area contributed by atoms with Crippen LogP contribution >= 0.6 is 0 Å². The zero-order chi connectivity index (χ0) is 34.3. The topological polar surface area (TPSA) is 85.9 Å². The second-order valence-electron chi connectivity index (χ2n) is 9.03. The van der Waals surface area contributed by atoms with Crippen LogP contribution in [0, 0.1) is 0 Å². The fourth-order valence-corrected chi connectivity index (χ4v) is 3.34. The van der Waals surface area contributed by atoms with E-state index >= 15 is 0 Å². The van der Waals surface area contributed by atoms with Crippen LogP contribution in [0.4, 0.5) is 69.3 Å². The molecule has 3 aromatic rings. The van der Waals surface area contributed by atoms with E-state index in [0.29, 0.717) is 23.3 Å². The highest BCUT2D eigenvalue weighted by Gasteiger charge is 2.83. The molecule has 0 saturated heterocycles. The number of hydrogen-bond acceptors (Lipinski definition) is 5. The number of benzene rings is 3. The number of nitrogens with one attached hydrogen (secondary N) is 2. The minimum Gasteiger partial charge on any atom is -0.444 e. The smallest absolute Gasteiger partial charge is 0.444 e. The number of carbonyl (C=O) groups is 2. The van der Waals surface area contributed by atoms with Gasteiger partial charge in [-0.3, -0.25) is 10.6 Å². The number of rotatable bonds is 11. The third-order valence-electron chi connectivity index (χ3n) is 5.63. The summed E-state index contributed by atoms with van der Waals surface area (Å²) in [6.45, 7) is -0.567. The van der Waals surface area contributed by atoms with Crippen LogP contribution < -0.4 is 15.4 Å². The van der Waals surface area contributed by atoms with Crippen molar-refractivity contribution in [1.82, 2.24) is 0 Å². The van der Waals surface area contributed by atoms with E-state index < -0.39 is 65.1 Å². The number of carbonyl (C=O) groups excluding carboxylic acids is 2. The van der Waals surface area contributed by atoms with Crippen molar-refractivity contribution in [3.63, 3.8) is 0 Å². The molecule has 2 amide bonds. The number of alkyl halides is 9. The van der Waals surface area contributed by atoms with E-state index in [0.717, 1.165) is 6.07 Å². The number of halogens is 11. The maximum Gasteiger partial charge on any atom is 0.460 e. The molecule has 0 atom stereocenters. The van der Waals surface area contributed by atoms with Gasteiger partial charge in [0, 0.05) is 23.5 Å². The number of ether oxygens (including phenoxy) is 3. The first-order chi connectivity index (χ1) is 21.3. The van der Waals surface area contributed by atoms with Gasteiger partial charge >= 0.3 is 42.1 Å². The van der Waals surface area contributed by atoms with Crippen LogP contribution in [0.1, 0.15) is 11.1 Å². The fraction of sp³-hybridized carbons (Fsp3) is 0.214. The Labute approximate surface area is 251 Å². The Bertz CT molecular complexity index is 1470. The Morgan fingerprint density at radius 2 is 1.02 bits per heavy atom. The number of allylic oxidation sites excluding steroid dienone is 1. The molecule has 0 aromatic heterocycles. The van der Waals surface area contributed by atoms with Gasteiger partial charge < -0.3 is 14.2 Å². The molecule has 0 unspecified atom stereocenters. The molecule has 0 aliphatic carbocycles. The van der Waals surface area contributed by atoms with E-state index in [-0.39, 0.29) is 13.2 Å². The minimum atomic E-state index is -7.52. The molecule has 2 N–H and O–H groups in total. The van der Waals surface area contributed by atoms with Crippen molar-refractivity contribution < 1.29 is 72.1 Å². The monoisotopic (exact) mass is 672 g/mol. The summed E-state index contributed by atoms with van der Waals surface area (Å²) in [6, 6.07) is 14.8. The van der Waals surface area contributed by atoms with Gasteiger partial charge in [0.1, 0.15) is 19.0 Å². The number of amides is 2. The minimum absolute atomic E-state index is 0.284. The molecule has 0 bridgehead atoms. The van der Waals surface area contributed by atoms with Crippen molar-refractivity contribution >= 4 is 23.6 Å². The Balaban J connectivity index is 1.88. The Morgan fingerprint density at radius 1 is 0.609 bits per heavy atom. The van der Waals surface area contributed by atoms with Gasteiger partial charge in [0.05, 0.1) is 0 Å². The molecule has 248 valence electrons. The maximum absolute atomic E-state index is 14.3. The van der Waals surface area contributed by atoms with Crippen LogP contribution in [0.25, 0.3) is 0 Å². The van der Waals surface area contributed by atoms with E-state index in [9.17, 15) is 57.9 Å². The van der Waals surface area contributed by atoms with E-state index in [1.54, 1.807) is 60.7 Å². The van der Waals surface area contributed by atoms with Crippen molar-refractivity contribution in [2.24, 2.45) is 0 Å². The lowest BCUT2D eigenvalue weighted by atomic mass is 10.0. The van der Waals surface area contributed by atoms with Crippen LogP contribution in [0.15, 0.2) is 90.7 Å². The predicted molar refractivity (Wildman–Crippen MR) is 138 cm³/mol. The summed E-state index contributed by atoms with van der Waals surface area (Å²) in [5.41, 5.74) is 0.0511. The highest BCUT2D eigenvalue weighted by Crippen LogP contribution is 2.55. The van der Waals surface area contributed by atoms with Gasteiger partial charge in [-0.05, 0) is 17.2 Å². The van der Waals surface area contributed by atoms with Crippen LogP contribution in [-0.4, -0.2) is 36.1 Å². The van der Waals surface area contributed by atoms with E-state index in [1.807, 2.05) is 0 Å². The third-order valence-corrected chi connectivity index (χ3v) is 5.63. The number of anilines is 2. The molecule has 0 aliphatic rings. The fourth-order valence-electron chi connectivity index (χ4n) is 3.34. The zero-order valence-corrected chi connectivity index (χ0v) is 22.6. The molecular weight excluding hydrogens is 653 g/mol. The van der Waals surface area contributed by atoms with Gasteiger partial charge in [0.2, 0.25) is 5.83 Å². The lowest BCUT2D eigenvalue weighted by Gasteiger charge is -2.32. The molecule has 0 saturated carbocycles. The molecule has 0 fully saturated rings. The molecule has 0 heterocycles. The molecule has 3 aromatic carbocycles. The largest absolute Gasteiger partial charge is 0.460 e. The first-order valence-electron chi connectivity index (χ1n) is 12.4. The lowest BCUT2D eigenvalue weighted by Crippen LogP contribution is -2.61. The summed E-state index contributed by atoms with van der Waals surface area (Å²) in [5, 5.41) is 4.12. The number of hydrogen-bond donors (Lipinski definition) is 2. The van der Waals surface area contributed by atoms with Crippen LogP contribution in [0.3, 0.4) is 0 Å². The Hall–Kier alpha value is -5.03. The normalized spacial score (nSPS) is 12.9. The first kappa shape index (κ1) is 35.4. The SMILES string of the molecule is O=C(Nc1cc(NC(=O)OCc2ccccc2)cc(OC(F)=C(F)C(F)(F)C(F)(F)C(F)(F)C(F)(F)F)c1)OCc1ccccc1. The Morgan fingerprint density at radius 3 is 1.41 bits per heavy atom. The van der Waals surface area contributed by atoms with Gasteiger partial charge in [0.25, 0.3) is 0 Å². The molecule has 0 radical (unpaired) electrons. The second kappa shape index (κ2) is 13.9. The molecule has 0 aliphatic heterocycles. The molecule has 18 heteroatoms. The van der Waals surface area contributed by atoms with Crippen molar-refractivity contribution in [2.75, 3.05) is 10.6 Å². The van der Waals surface area contributed by atoms with Crippen molar-refractivity contribution in [1.29, 1.82) is 0 Å². The summed E-state index contributed by atoms with van der Waals surface area (Å²) in [4.78, 5) is 24.5. The van der Waals surface area contributed by atoms with Crippen LogP contribution in [0.2, 0.25) is 0 Å². The molecule has 7 nitrogen and oxygen atoms in total. The molecular formula is C28H19F11N2O5. The highest BCUT2D eigenvalue weighted by molar-refractivity contribution is 5.89. The average molecular weight is 672 g/mol. The highest BCUT2D eigenvalue weighted by atomic mass is 19.4. The van der Waals surface area contributed by atoms with E-state index in [4.69, 9.17) is 9.47 Å².